The molecule has 0 aliphatic carbocycles. The van der Waals surface area contributed by atoms with Gasteiger partial charge in [0.05, 0.1) is 0 Å². The summed E-state index contributed by atoms with van der Waals surface area (Å²) in [5, 5.41) is 1.09. The lowest BCUT2D eigenvalue weighted by molar-refractivity contribution is 0.741. The Morgan fingerprint density at radius 1 is 1.40 bits per heavy atom. The van der Waals surface area contributed by atoms with Crippen molar-refractivity contribution in [1.29, 1.82) is 0 Å². The van der Waals surface area contributed by atoms with E-state index in [2.05, 4.69) is 23.8 Å². The van der Waals surface area contributed by atoms with E-state index in [9.17, 15) is 9.59 Å². The van der Waals surface area contributed by atoms with Crippen LogP contribution in [0.1, 0.15) is 20.8 Å². The van der Waals surface area contributed by atoms with E-state index < -0.39 is 11.2 Å². The minimum absolute atomic E-state index is 0.340. The molecule has 0 saturated carbocycles. The monoisotopic (exact) mass is 294 g/mol. The largest absolute Gasteiger partial charge is 0.329 e. The van der Waals surface area contributed by atoms with Gasteiger partial charge >= 0.3 is 5.69 Å². The van der Waals surface area contributed by atoms with E-state index in [0.717, 1.165) is 5.16 Å². The molecule has 0 spiro atoms. The summed E-state index contributed by atoms with van der Waals surface area (Å²) in [5.74, 6) is 0. The first-order valence-electron chi connectivity index (χ1n) is 6.43. The molecule has 2 heterocycles. The minimum atomic E-state index is -0.445. The van der Waals surface area contributed by atoms with Crippen molar-refractivity contribution >= 4 is 22.9 Å². The normalized spacial score (nSPS) is 12.1. The summed E-state index contributed by atoms with van der Waals surface area (Å²) in [6.45, 7) is 6.61. The van der Waals surface area contributed by atoms with Crippen molar-refractivity contribution in [2.45, 2.75) is 37.7 Å². The summed E-state index contributed by atoms with van der Waals surface area (Å²) >= 11 is 1.57. The van der Waals surface area contributed by atoms with Crippen LogP contribution in [0.2, 0.25) is 0 Å². The quantitative estimate of drug-likeness (QED) is 0.685. The third-order valence-electron chi connectivity index (χ3n) is 2.84. The van der Waals surface area contributed by atoms with E-state index >= 15 is 0 Å². The zero-order valence-electron chi connectivity index (χ0n) is 12.0. The van der Waals surface area contributed by atoms with Gasteiger partial charge in [-0.05, 0) is 6.92 Å². The van der Waals surface area contributed by atoms with E-state index in [-0.39, 0.29) is 0 Å². The Hall–Kier alpha value is -1.76. The molecular weight excluding hydrogens is 276 g/mol. The lowest BCUT2D eigenvalue weighted by Gasteiger charge is -2.07. The summed E-state index contributed by atoms with van der Waals surface area (Å²) in [6.07, 6.45) is 3.88. The average molecular weight is 294 g/mol. The first-order valence-corrected chi connectivity index (χ1v) is 7.31. The zero-order chi connectivity index (χ0) is 14.9. The van der Waals surface area contributed by atoms with Gasteiger partial charge in [-0.1, -0.05) is 37.8 Å². The molecule has 0 fully saturated rings. The van der Waals surface area contributed by atoms with Gasteiger partial charge in [-0.3, -0.25) is 14.3 Å². The van der Waals surface area contributed by atoms with Crippen molar-refractivity contribution in [3.8, 4) is 0 Å². The summed E-state index contributed by atoms with van der Waals surface area (Å²) in [4.78, 5) is 30.5. The van der Waals surface area contributed by atoms with Crippen molar-refractivity contribution in [3.63, 3.8) is 0 Å². The second kappa shape index (κ2) is 5.70. The number of nitrogens with one attached hydrogen (secondary N) is 1. The third-order valence-corrected chi connectivity index (χ3v) is 3.83. The Kier molecular flexibility index (Phi) is 4.17. The Balaban J connectivity index is 2.78. The summed E-state index contributed by atoms with van der Waals surface area (Å²) < 4.78 is 3.21. The van der Waals surface area contributed by atoms with E-state index in [1.165, 1.54) is 4.57 Å². The van der Waals surface area contributed by atoms with Crippen LogP contribution in [0.5, 0.6) is 0 Å². The second-order valence-electron chi connectivity index (χ2n) is 4.73. The fraction of sp³-hybridized carbons (Fsp3) is 0.462. The molecule has 0 unspecified atom stereocenters. The first-order chi connectivity index (χ1) is 9.45. The molecule has 0 amide bonds. The summed E-state index contributed by atoms with van der Waals surface area (Å²) in [5.41, 5.74) is 0.0229. The van der Waals surface area contributed by atoms with Gasteiger partial charge in [-0.15, -0.1) is 0 Å². The maximum Gasteiger partial charge on any atom is 0.329 e. The Morgan fingerprint density at radius 3 is 2.70 bits per heavy atom. The van der Waals surface area contributed by atoms with Crippen LogP contribution in [0, 0.1) is 0 Å². The topological polar surface area (TPSA) is 72.7 Å². The van der Waals surface area contributed by atoms with Gasteiger partial charge in [-0.2, -0.15) is 0 Å². The molecule has 2 rings (SSSR count). The Labute approximate surface area is 120 Å². The van der Waals surface area contributed by atoms with Crippen LogP contribution in [0.25, 0.3) is 11.2 Å². The minimum Gasteiger partial charge on any atom is -0.309 e. The van der Waals surface area contributed by atoms with Gasteiger partial charge in [-0.25, -0.2) is 9.78 Å². The highest BCUT2D eigenvalue weighted by Gasteiger charge is 2.17. The number of aromatic nitrogens is 4. The van der Waals surface area contributed by atoms with E-state index in [1.807, 2.05) is 23.6 Å². The second-order valence-corrected chi connectivity index (χ2v) is 6.27. The zero-order valence-corrected chi connectivity index (χ0v) is 12.8. The maximum absolute atomic E-state index is 12.1. The maximum atomic E-state index is 12.1. The number of aryl methyl sites for hydroxylation is 1. The third kappa shape index (κ3) is 2.58. The van der Waals surface area contributed by atoms with Gasteiger partial charge < -0.3 is 4.57 Å². The predicted octanol–water partition coefficient (Wildman–Crippen LogP) is 1.50. The number of thioether (sulfide) groups is 1. The molecule has 0 radical (unpaired) electrons. The van der Waals surface area contributed by atoms with Crippen LogP contribution >= 0.6 is 11.8 Å². The van der Waals surface area contributed by atoms with Crippen molar-refractivity contribution in [2.24, 2.45) is 7.05 Å². The molecule has 1 N–H and O–H groups in total. The number of nitrogens with zero attached hydrogens (tertiary/aromatic N) is 3. The molecule has 0 aromatic carbocycles. The SMILES string of the molecule is C/C=C\Cn1c(SC(C)C)nc2c1c(=O)[nH]c(=O)n2C. The smallest absolute Gasteiger partial charge is 0.309 e. The molecule has 0 aliphatic heterocycles. The molecule has 20 heavy (non-hydrogen) atoms. The van der Waals surface area contributed by atoms with E-state index in [4.69, 9.17) is 0 Å². The molecule has 2 aromatic rings. The first kappa shape index (κ1) is 14.6. The van der Waals surface area contributed by atoms with Gasteiger partial charge in [0.15, 0.2) is 16.3 Å². The van der Waals surface area contributed by atoms with Gasteiger partial charge in [0.2, 0.25) is 0 Å². The van der Waals surface area contributed by atoms with Crippen molar-refractivity contribution in [3.05, 3.63) is 33.0 Å². The molecule has 7 heteroatoms. The number of hydrogen-bond donors (Lipinski definition) is 1. The van der Waals surface area contributed by atoms with Crippen molar-refractivity contribution in [2.75, 3.05) is 0 Å². The van der Waals surface area contributed by atoms with Crippen LogP contribution in [0.15, 0.2) is 26.9 Å². The molecule has 2 aromatic heterocycles. The fourth-order valence-corrected chi connectivity index (χ4v) is 2.75. The van der Waals surface area contributed by atoms with Gasteiger partial charge in [0.25, 0.3) is 5.56 Å². The molecule has 0 aliphatic rings. The number of aromatic amines is 1. The highest BCUT2D eigenvalue weighted by atomic mass is 32.2. The Morgan fingerprint density at radius 2 is 2.10 bits per heavy atom. The molecule has 0 saturated heterocycles. The van der Waals surface area contributed by atoms with Crippen LogP contribution in [0.4, 0.5) is 0 Å². The molecule has 108 valence electrons. The molecule has 0 atom stereocenters. The molecule has 0 bridgehead atoms. The molecule has 6 nitrogen and oxygen atoms in total. The lowest BCUT2D eigenvalue weighted by Crippen LogP contribution is -2.29. The van der Waals surface area contributed by atoms with Crippen LogP contribution in [-0.2, 0) is 13.6 Å². The standard InChI is InChI=1S/C13H18N4O2S/c1-5-6-7-17-9-10(14-13(17)20-8(2)3)16(4)12(19)15-11(9)18/h5-6,8H,7H2,1-4H3,(H,15,18,19)/b6-5-. The average Bonchev–Trinajstić information content (AvgIpc) is 2.72. The molecular formula is C13H18N4O2S. The van der Waals surface area contributed by atoms with E-state index in [1.54, 1.807) is 18.8 Å². The number of H-pyrrole nitrogens is 1. The Bertz CT molecular complexity index is 767. The summed E-state index contributed by atoms with van der Waals surface area (Å²) in [6, 6.07) is 0. The fourth-order valence-electron chi connectivity index (χ4n) is 1.90. The number of imidazole rings is 1. The lowest BCUT2D eigenvalue weighted by atomic mass is 10.4. The van der Waals surface area contributed by atoms with Gasteiger partial charge in [0.1, 0.15) is 0 Å². The van der Waals surface area contributed by atoms with Crippen LogP contribution in [-0.4, -0.2) is 24.4 Å². The number of fused-ring (bicyclic) bond motifs is 1. The number of allylic oxidation sites excluding steroid dienone is 2. The number of rotatable bonds is 4. The number of hydrogen-bond acceptors (Lipinski definition) is 4. The highest BCUT2D eigenvalue weighted by molar-refractivity contribution is 7.99. The van der Waals surface area contributed by atoms with Crippen LogP contribution in [0.3, 0.4) is 0 Å². The van der Waals surface area contributed by atoms with Crippen molar-refractivity contribution < 1.29 is 0 Å². The van der Waals surface area contributed by atoms with Gasteiger partial charge in [0, 0.05) is 18.8 Å². The summed E-state index contributed by atoms with van der Waals surface area (Å²) in [7, 11) is 1.61. The van der Waals surface area contributed by atoms with Crippen LogP contribution < -0.4 is 11.2 Å². The highest BCUT2D eigenvalue weighted by Crippen LogP contribution is 2.24. The predicted molar refractivity (Wildman–Crippen MR) is 81.4 cm³/mol. The van der Waals surface area contributed by atoms with Crippen molar-refractivity contribution in [1.82, 2.24) is 19.1 Å². The van der Waals surface area contributed by atoms with E-state index in [0.29, 0.717) is 23.0 Å².